The molecule has 0 atom stereocenters. The first-order valence-corrected chi connectivity index (χ1v) is 12.7. The van der Waals surface area contributed by atoms with Gasteiger partial charge < -0.3 is 20.1 Å². The van der Waals surface area contributed by atoms with Gasteiger partial charge in [-0.25, -0.2) is 4.39 Å². The molecule has 0 radical (unpaired) electrons. The topological polar surface area (TPSA) is 126 Å². The number of esters is 1. The number of nitrogens with one attached hydrogen (secondary N) is 1. The van der Waals surface area contributed by atoms with Crippen LogP contribution < -0.4 is 10.2 Å². The Morgan fingerprint density at radius 1 is 1.05 bits per heavy atom. The van der Waals surface area contributed by atoms with Crippen molar-refractivity contribution in [1.29, 1.82) is 0 Å². The molecule has 0 saturated carbocycles. The highest BCUT2D eigenvalue weighted by Gasteiger charge is 2.20. The lowest BCUT2D eigenvalue weighted by molar-refractivity contribution is -0.143. The van der Waals surface area contributed by atoms with Crippen molar-refractivity contribution in [3.63, 3.8) is 0 Å². The number of nitrogens with zero attached hydrogens (tertiary/aromatic N) is 4. The Hall–Kier alpha value is -5.32. The van der Waals surface area contributed by atoms with Crippen LogP contribution in [0.4, 0.5) is 15.8 Å². The molecular weight excluding hydrogens is 529 g/mol. The van der Waals surface area contributed by atoms with Gasteiger partial charge in [0.1, 0.15) is 18.1 Å². The minimum atomic E-state index is -0.923. The molecule has 1 heterocycles. The van der Waals surface area contributed by atoms with E-state index in [1.807, 2.05) is 31.1 Å². The average molecular weight is 558 g/mol. The summed E-state index contributed by atoms with van der Waals surface area (Å²) in [5, 5.41) is 21.6. The van der Waals surface area contributed by atoms with Gasteiger partial charge in [-0.2, -0.15) is 0 Å². The number of halogens is 1. The number of fused-ring (bicyclic) bond motifs is 1. The van der Waals surface area contributed by atoms with Crippen LogP contribution in [0.2, 0.25) is 0 Å². The minimum Gasteiger partial charge on any atom is -0.493 e. The number of anilines is 1. The van der Waals surface area contributed by atoms with E-state index in [1.54, 1.807) is 43.3 Å². The Balaban J connectivity index is 1.69. The zero-order chi connectivity index (χ0) is 29.5. The summed E-state index contributed by atoms with van der Waals surface area (Å²) in [5.41, 5.74) is 1.73. The number of aromatic nitrogens is 1. The van der Waals surface area contributed by atoms with Gasteiger partial charge in [0.05, 0.1) is 12.1 Å². The second kappa shape index (κ2) is 12.7. The van der Waals surface area contributed by atoms with E-state index in [4.69, 9.17) is 4.74 Å². The van der Waals surface area contributed by atoms with Crippen LogP contribution in [0.15, 0.2) is 88.7 Å². The quantitative estimate of drug-likeness (QED) is 0.166. The predicted molar refractivity (Wildman–Crippen MR) is 152 cm³/mol. The number of carbonyl (C=O) groups excluding carboxylic acids is 3. The van der Waals surface area contributed by atoms with Crippen molar-refractivity contribution in [3.05, 3.63) is 95.4 Å². The fourth-order valence-corrected chi connectivity index (χ4v) is 4.03. The summed E-state index contributed by atoms with van der Waals surface area (Å²) in [6.45, 7) is 1.57. The molecule has 0 aliphatic carbocycles. The van der Waals surface area contributed by atoms with Crippen LogP contribution in [0.25, 0.3) is 17.0 Å². The SMILES string of the molecule is CCOC(=O)Cn1c(O)c(N=NC(=O)/C(=C/c2ccc(N(C)C)cc2)NC(=O)c2cccc(F)c2)c2ccccc21. The van der Waals surface area contributed by atoms with Gasteiger partial charge in [-0.1, -0.05) is 36.4 Å². The molecule has 3 aromatic carbocycles. The smallest absolute Gasteiger partial charge is 0.326 e. The van der Waals surface area contributed by atoms with Gasteiger partial charge in [0, 0.05) is 30.7 Å². The van der Waals surface area contributed by atoms with Crippen LogP contribution in [-0.4, -0.2) is 48.2 Å². The Kier molecular flexibility index (Phi) is 8.88. The fourth-order valence-electron chi connectivity index (χ4n) is 4.03. The molecule has 0 unspecified atom stereocenters. The number of hydrogen-bond donors (Lipinski definition) is 2. The lowest BCUT2D eigenvalue weighted by Crippen LogP contribution is -2.26. The molecule has 0 fully saturated rings. The maximum absolute atomic E-state index is 13.7. The van der Waals surface area contributed by atoms with Crippen LogP contribution >= 0.6 is 0 Å². The molecule has 4 aromatic rings. The maximum Gasteiger partial charge on any atom is 0.326 e. The standard InChI is InChI=1S/C30H28FN5O5/c1-4-41-26(37)18-36-25-11-6-5-10-23(25)27(30(36)40)33-34-29(39)24(16-19-12-14-22(15-13-19)35(2)3)32-28(38)20-8-7-9-21(31)17-20/h5-17,40H,4,18H2,1-3H3,(H,32,38)/b24-16-,34-33?. The molecule has 11 heteroatoms. The minimum absolute atomic E-state index is 0.00303. The highest BCUT2D eigenvalue weighted by atomic mass is 19.1. The van der Waals surface area contributed by atoms with Crippen LogP contribution in [0, 0.1) is 5.82 Å². The molecule has 1 aromatic heterocycles. The number of aromatic hydroxyl groups is 1. The van der Waals surface area contributed by atoms with E-state index in [0.717, 1.165) is 11.8 Å². The monoisotopic (exact) mass is 557 g/mol. The zero-order valence-corrected chi connectivity index (χ0v) is 22.7. The number of ether oxygens (including phenoxy) is 1. The van der Waals surface area contributed by atoms with E-state index in [1.165, 1.54) is 28.8 Å². The van der Waals surface area contributed by atoms with Crippen molar-refractivity contribution in [1.82, 2.24) is 9.88 Å². The Morgan fingerprint density at radius 3 is 2.46 bits per heavy atom. The third-order valence-electron chi connectivity index (χ3n) is 6.04. The molecule has 0 aliphatic heterocycles. The van der Waals surface area contributed by atoms with Crippen molar-refractivity contribution in [2.75, 3.05) is 25.6 Å². The first kappa shape index (κ1) is 28.7. The normalized spacial score (nSPS) is 11.6. The first-order valence-electron chi connectivity index (χ1n) is 12.7. The lowest BCUT2D eigenvalue weighted by Gasteiger charge is -2.12. The molecule has 4 rings (SSSR count). The molecule has 2 amide bonds. The second-order valence-electron chi connectivity index (χ2n) is 9.09. The predicted octanol–water partition coefficient (Wildman–Crippen LogP) is 5.20. The molecule has 0 aliphatic rings. The van der Waals surface area contributed by atoms with Crippen molar-refractivity contribution in [2.45, 2.75) is 13.5 Å². The van der Waals surface area contributed by atoms with Gasteiger partial charge >= 0.3 is 11.9 Å². The van der Waals surface area contributed by atoms with Crippen molar-refractivity contribution in [2.24, 2.45) is 10.2 Å². The molecule has 0 bridgehead atoms. The molecule has 10 nitrogen and oxygen atoms in total. The van der Waals surface area contributed by atoms with Crippen LogP contribution in [0.1, 0.15) is 22.8 Å². The van der Waals surface area contributed by atoms with E-state index in [9.17, 15) is 23.9 Å². The number of azo groups is 1. The van der Waals surface area contributed by atoms with Gasteiger partial charge in [-0.15, -0.1) is 10.2 Å². The van der Waals surface area contributed by atoms with Gasteiger partial charge in [-0.05, 0) is 55.0 Å². The largest absolute Gasteiger partial charge is 0.493 e. The number of para-hydroxylation sites is 1. The summed E-state index contributed by atoms with van der Waals surface area (Å²) in [6.07, 6.45) is 1.42. The van der Waals surface area contributed by atoms with Crippen molar-refractivity contribution in [3.8, 4) is 5.88 Å². The Labute approximate surface area is 235 Å². The second-order valence-corrected chi connectivity index (χ2v) is 9.09. The number of rotatable bonds is 9. The molecule has 0 saturated heterocycles. The summed E-state index contributed by atoms with van der Waals surface area (Å²) in [6, 6.07) is 19.0. The third kappa shape index (κ3) is 6.82. The molecule has 0 spiro atoms. The van der Waals surface area contributed by atoms with Crippen LogP contribution in [-0.2, 0) is 20.9 Å². The molecule has 41 heavy (non-hydrogen) atoms. The summed E-state index contributed by atoms with van der Waals surface area (Å²) in [5.74, 6) is -3.20. The third-order valence-corrected chi connectivity index (χ3v) is 6.04. The lowest BCUT2D eigenvalue weighted by atomic mass is 10.1. The highest BCUT2D eigenvalue weighted by molar-refractivity contribution is 6.06. The van der Waals surface area contributed by atoms with E-state index in [2.05, 4.69) is 15.5 Å². The zero-order valence-electron chi connectivity index (χ0n) is 22.7. The Bertz CT molecular complexity index is 1660. The number of amides is 2. The van der Waals surface area contributed by atoms with Gasteiger partial charge in [-0.3, -0.25) is 19.0 Å². The van der Waals surface area contributed by atoms with E-state index in [0.29, 0.717) is 16.5 Å². The summed E-state index contributed by atoms with van der Waals surface area (Å²) < 4.78 is 20.0. The molecular formula is C30H28FN5O5. The maximum atomic E-state index is 13.7. The van der Waals surface area contributed by atoms with Crippen molar-refractivity contribution < 1.29 is 28.6 Å². The van der Waals surface area contributed by atoms with Crippen LogP contribution in [0.3, 0.4) is 0 Å². The average Bonchev–Trinajstić information content (AvgIpc) is 3.21. The molecule has 2 N–H and O–H groups in total. The number of benzene rings is 3. The summed E-state index contributed by atoms with van der Waals surface area (Å²) in [4.78, 5) is 40.1. The van der Waals surface area contributed by atoms with E-state index < -0.39 is 23.6 Å². The first-order chi connectivity index (χ1) is 19.7. The van der Waals surface area contributed by atoms with Gasteiger partial charge in [0.15, 0.2) is 5.69 Å². The van der Waals surface area contributed by atoms with Crippen LogP contribution in [0.5, 0.6) is 5.88 Å². The van der Waals surface area contributed by atoms with E-state index in [-0.39, 0.29) is 36.0 Å². The summed E-state index contributed by atoms with van der Waals surface area (Å²) in [7, 11) is 3.77. The number of hydrogen-bond acceptors (Lipinski definition) is 7. The fraction of sp³-hybridized carbons (Fsp3) is 0.167. The van der Waals surface area contributed by atoms with Crippen molar-refractivity contribution >= 4 is 46.1 Å². The van der Waals surface area contributed by atoms with Gasteiger partial charge in [0.2, 0.25) is 5.88 Å². The van der Waals surface area contributed by atoms with E-state index >= 15 is 0 Å². The highest BCUT2D eigenvalue weighted by Crippen LogP contribution is 2.38. The number of carbonyl (C=O) groups is 3. The summed E-state index contributed by atoms with van der Waals surface area (Å²) >= 11 is 0. The molecule has 210 valence electrons. The Morgan fingerprint density at radius 2 is 1.78 bits per heavy atom. The van der Waals surface area contributed by atoms with Gasteiger partial charge in [0.25, 0.3) is 5.91 Å².